The van der Waals surface area contributed by atoms with E-state index in [1.807, 2.05) is 0 Å². The van der Waals surface area contributed by atoms with Gasteiger partial charge in [0.2, 0.25) is 0 Å². The number of likely N-dealkylation sites (tertiary alicyclic amines) is 1. The van der Waals surface area contributed by atoms with E-state index in [1.54, 1.807) is 44.6 Å². The van der Waals surface area contributed by atoms with Crippen molar-refractivity contribution in [1.29, 1.82) is 0 Å². The molecule has 1 amide bonds. The van der Waals surface area contributed by atoms with Crippen LogP contribution in [0.3, 0.4) is 0 Å². The zero-order valence-electron chi connectivity index (χ0n) is 11.4. The van der Waals surface area contributed by atoms with Crippen LogP contribution in [0.1, 0.15) is 10.4 Å². The maximum Gasteiger partial charge on any atom is 0.256 e. The van der Waals surface area contributed by atoms with Crippen molar-refractivity contribution in [2.45, 2.75) is 12.2 Å². The molecular weight excluding hydrogens is 246 g/mol. The summed E-state index contributed by atoms with van der Waals surface area (Å²) in [4.78, 5) is 18.2. The van der Waals surface area contributed by atoms with Crippen LogP contribution in [0.15, 0.2) is 18.5 Å². The van der Waals surface area contributed by atoms with Gasteiger partial charge in [-0.3, -0.25) is 9.78 Å². The Hall–Kier alpha value is -1.66. The third-order valence-electron chi connectivity index (χ3n) is 3.43. The number of methoxy groups -OCH3 is 2. The number of ether oxygens (including phenoxy) is 2. The Kier molecular flexibility index (Phi) is 4.34. The molecule has 1 aliphatic rings. The van der Waals surface area contributed by atoms with Crippen molar-refractivity contribution in [2.75, 3.05) is 39.7 Å². The predicted octanol–water partition coefficient (Wildman–Crippen LogP) is 0.609. The van der Waals surface area contributed by atoms with E-state index in [1.165, 1.54) is 0 Å². The highest BCUT2D eigenvalue weighted by molar-refractivity contribution is 5.99. The molecule has 1 aliphatic heterocycles. The number of carbonyl (C=O) groups excluding carboxylic acids is 1. The van der Waals surface area contributed by atoms with E-state index in [0.717, 1.165) is 5.69 Å². The molecule has 6 nitrogen and oxygen atoms in total. The van der Waals surface area contributed by atoms with Crippen LogP contribution in [0.4, 0.5) is 5.69 Å². The van der Waals surface area contributed by atoms with Crippen LogP contribution in [0.25, 0.3) is 0 Å². The van der Waals surface area contributed by atoms with Crippen molar-refractivity contribution in [3.05, 3.63) is 24.0 Å². The minimum Gasteiger partial charge on any atom is -0.386 e. The zero-order valence-corrected chi connectivity index (χ0v) is 11.4. The molecule has 0 aromatic carbocycles. The van der Waals surface area contributed by atoms with Gasteiger partial charge >= 0.3 is 0 Å². The maximum atomic E-state index is 12.5. The van der Waals surface area contributed by atoms with Crippen LogP contribution in [0, 0.1) is 0 Å². The number of nitrogens with one attached hydrogen (secondary N) is 1. The fraction of sp³-hybridized carbons (Fsp3) is 0.538. The van der Waals surface area contributed by atoms with Gasteiger partial charge in [0.15, 0.2) is 0 Å². The number of pyridine rings is 1. The Bertz CT molecular complexity index is 441. The van der Waals surface area contributed by atoms with Gasteiger partial charge in [-0.05, 0) is 6.07 Å². The molecule has 6 heteroatoms. The largest absolute Gasteiger partial charge is 0.386 e. The number of hydrogen-bond acceptors (Lipinski definition) is 5. The molecule has 0 spiro atoms. The molecule has 1 N–H and O–H groups in total. The van der Waals surface area contributed by atoms with Gasteiger partial charge in [-0.2, -0.15) is 0 Å². The molecule has 104 valence electrons. The Balaban J connectivity index is 2.17. The van der Waals surface area contributed by atoms with Crippen molar-refractivity contribution in [2.24, 2.45) is 0 Å². The molecule has 19 heavy (non-hydrogen) atoms. The lowest BCUT2D eigenvalue weighted by Gasteiger charge is -2.17. The zero-order chi connectivity index (χ0) is 13.8. The van der Waals surface area contributed by atoms with E-state index < -0.39 is 0 Å². The van der Waals surface area contributed by atoms with Crippen molar-refractivity contribution in [1.82, 2.24) is 9.88 Å². The monoisotopic (exact) mass is 265 g/mol. The van der Waals surface area contributed by atoms with E-state index >= 15 is 0 Å². The molecule has 0 saturated carbocycles. The third kappa shape index (κ3) is 2.69. The highest BCUT2D eigenvalue weighted by atomic mass is 16.5. The summed E-state index contributed by atoms with van der Waals surface area (Å²) in [5.74, 6) is -0.0339. The first-order valence-corrected chi connectivity index (χ1v) is 6.17. The molecule has 1 aromatic heterocycles. The van der Waals surface area contributed by atoms with Gasteiger partial charge < -0.3 is 19.7 Å². The van der Waals surface area contributed by atoms with Crippen LogP contribution >= 0.6 is 0 Å². The van der Waals surface area contributed by atoms with E-state index in [0.29, 0.717) is 18.7 Å². The molecule has 0 bridgehead atoms. The van der Waals surface area contributed by atoms with Gasteiger partial charge in [0.1, 0.15) is 12.2 Å². The van der Waals surface area contributed by atoms with E-state index in [9.17, 15) is 4.79 Å². The van der Waals surface area contributed by atoms with Gasteiger partial charge in [0.05, 0.1) is 17.4 Å². The number of carbonyl (C=O) groups is 1. The molecule has 1 saturated heterocycles. The standard InChI is InChI=1S/C13H19N3O3/c1-14-10-6-15-5-4-9(10)13(17)16-7-11(18-2)12(8-16)19-3/h4-6,11-12,14H,7-8H2,1-3H3. The van der Waals surface area contributed by atoms with Gasteiger partial charge in [-0.1, -0.05) is 0 Å². The highest BCUT2D eigenvalue weighted by Crippen LogP contribution is 2.21. The van der Waals surface area contributed by atoms with Crippen molar-refractivity contribution >= 4 is 11.6 Å². The minimum absolute atomic E-state index is 0.0339. The minimum atomic E-state index is -0.0752. The molecule has 0 radical (unpaired) electrons. The first-order chi connectivity index (χ1) is 9.21. The first-order valence-electron chi connectivity index (χ1n) is 6.17. The highest BCUT2D eigenvalue weighted by Gasteiger charge is 2.36. The normalized spacial score (nSPS) is 22.6. The number of hydrogen-bond donors (Lipinski definition) is 1. The Labute approximate surface area is 112 Å². The number of anilines is 1. The molecule has 2 rings (SSSR count). The summed E-state index contributed by atoms with van der Waals surface area (Å²) in [5.41, 5.74) is 1.34. The van der Waals surface area contributed by atoms with E-state index in [4.69, 9.17) is 9.47 Å². The number of aromatic nitrogens is 1. The summed E-state index contributed by atoms with van der Waals surface area (Å²) in [6.45, 7) is 1.08. The lowest BCUT2D eigenvalue weighted by Crippen LogP contribution is -2.30. The van der Waals surface area contributed by atoms with E-state index in [-0.39, 0.29) is 18.1 Å². The van der Waals surface area contributed by atoms with Crippen molar-refractivity contribution in [3.63, 3.8) is 0 Å². The van der Waals surface area contributed by atoms with Crippen LogP contribution in [0.5, 0.6) is 0 Å². The number of amides is 1. The van der Waals surface area contributed by atoms with Crippen molar-refractivity contribution in [3.8, 4) is 0 Å². The molecule has 2 heterocycles. The summed E-state index contributed by atoms with van der Waals surface area (Å²) in [6, 6.07) is 1.72. The number of rotatable bonds is 4. The lowest BCUT2D eigenvalue weighted by molar-refractivity contribution is -0.00461. The second kappa shape index (κ2) is 5.99. The summed E-state index contributed by atoms with van der Waals surface area (Å²) < 4.78 is 10.7. The Morgan fingerprint density at radius 1 is 1.37 bits per heavy atom. The first kappa shape index (κ1) is 13.8. The van der Waals surface area contributed by atoms with Crippen LogP contribution in [-0.2, 0) is 9.47 Å². The Morgan fingerprint density at radius 3 is 2.53 bits per heavy atom. The fourth-order valence-corrected chi connectivity index (χ4v) is 2.31. The van der Waals surface area contributed by atoms with Crippen molar-refractivity contribution < 1.29 is 14.3 Å². The van der Waals surface area contributed by atoms with E-state index in [2.05, 4.69) is 10.3 Å². The van der Waals surface area contributed by atoms with Crippen LogP contribution < -0.4 is 5.32 Å². The van der Waals surface area contributed by atoms with Gasteiger partial charge in [-0.25, -0.2) is 0 Å². The molecule has 0 aliphatic carbocycles. The Morgan fingerprint density at radius 2 is 2.00 bits per heavy atom. The summed E-state index contributed by atoms with van der Waals surface area (Å²) in [7, 11) is 5.04. The number of nitrogens with zero attached hydrogens (tertiary/aromatic N) is 2. The second-order valence-corrected chi connectivity index (χ2v) is 4.43. The van der Waals surface area contributed by atoms with Crippen LogP contribution in [0.2, 0.25) is 0 Å². The maximum absolute atomic E-state index is 12.5. The molecule has 1 fully saturated rings. The predicted molar refractivity (Wildman–Crippen MR) is 71.3 cm³/mol. The second-order valence-electron chi connectivity index (χ2n) is 4.43. The SMILES string of the molecule is CNc1cnccc1C(=O)N1CC(OC)C(OC)C1. The molecule has 2 atom stereocenters. The quantitative estimate of drug-likeness (QED) is 0.864. The summed E-state index contributed by atoms with van der Waals surface area (Å²) in [5, 5.41) is 2.98. The smallest absolute Gasteiger partial charge is 0.256 e. The average Bonchev–Trinajstić information content (AvgIpc) is 2.89. The summed E-state index contributed by atoms with van der Waals surface area (Å²) >= 11 is 0. The fourth-order valence-electron chi connectivity index (χ4n) is 2.31. The van der Waals surface area contributed by atoms with Gasteiger partial charge in [-0.15, -0.1) is 0 Å². The third-order valence-corrected chi connectivity index (χ3v) is 3.43. The summed E-state index contributed by atoms with van der Waals surface area (Å²) in [6.07, 6.45) is 3.11. The average molecular weight is 265 g/mol. The lowest BCUT2D eigenvalue weighted by atomic mass is 10.2. The van der Waals surface area contributed by atoms with Crippen LogP contribution in [-0.4, -0.2) is 62.4 Å². The van der Waals surface area contributed by atoms with Gasteiger partial charge in [0.25, 0.3) is 5.91 Å². The molecule has 2 unspecified atom stereocenters. The van der Waals surface area contributed by atoms with Gasteiger partial charge in [0, 0.05) is 40.6 Å². The molecular formula is C13H19N3O3. The topological polar surface area (TPSA) is 63.7 Å². The molecule has 1 aromatic rings.